The van der Waals surface area contributed by atoms with Crippen LogP contribution in [0.5, 0.6) is 0 Å². The molecular formula is C12H15NO3. The minimum Gasteiger partial charge on any atom is -0.481 e. The number of rotatable bonds is 3. The molecule has 16 heavy (non-hydrogen) atoms. The molecule has 1 aromatic heterocycles. The normalized spacial score (nSPS) is 25.2. The molecule has 0 spiro atoms. The number of carboxylic acid groups (broad SMARTS) is 1. The molecule has 1 unspecified atom stereocenters. The summed E-state index contributed by atoms with van der Waals surface area (Å²) in [4.78, 5) is 15.3. The Balaban J connectivity index is 2.17. The zero-order valence-corrected chi connectivity index (χ0v) is 9.06. The Bertz CT molecular complexity index is 358. The molecule has 1 aromatic rings. The molecule has 1 atom stereocenters. The Morgan fingerprint density at radius 2 is 2.25 bits per heavy atom. The molecule has 0 radical (unpaired) electrons. The number of aromatic nitrogens is 1. The van der Waals surface area contributed by atoms with Gasteiger partial charge in [-0.1, -0.05) is 0 Å². The molecule has 1 fully saturated rings. The molecule has 2 heterocycles. The Kier molecular flexibility index (Phi) is 3.19. The fraction of sp³-hybridized carbons (Fsp3) is 0.500. The van der Waals surface area contributed by atoms with Crippen molar-refractivity contribution in [3.05, 3.63) is 30.1 Å². The first-order chi connectivity index (χ1) is 7.73. The third-order valence-corrected chi connectivity index (χ3v) is 3.07. The highest BCUT2D eigenvalue weighted by molar-refractivity contribution is 5.75. The summed E-state index contributed by atoms with van der Waals surface area (Å²) in [5.41, 5.74) is 0.252. The zero-order valence-electron chi connectivity index (χ0n) is 9.06. The average Bonchev–Trinajstić information content (AvgIpc) is 2.31. The molecule has 4 nitrogen and oxygen atoms in total. The maximum Gasteiger partial charge on any atom is 0.312 e. The Morgan fingerprint density at radius 1 is 1.50 bits per heavy atom. The lowest BCUT2D eigenvalue weighted by Crippen LogP contribution is -2.41. The molecule has 0 aliphatic carbocycles. The summed E-state index contributed by atoms with van der Waals surface area (Å²) in [6, 6.07) is 3.72. The van der Waals surface area contributed by atoms with Crippen molar-refractivity contribution in [2.24, 2.45) is 5.41 Å². The van der Waals surface area contributed by atoms with E-state index >= 15 is 0 Å². The summed E-state index contributed by atoms with van der Waals surface area (Å²) in [6.45, 7) is 0.982. The summed E-state index contributed by atoms with van der Waals surface area (Å²) < 4.78 is 5.32. The van der Waals surface area contributed by atoms with Gasteiger partial charge in [-0.3, -0.25) is 9.78 Å². The van der Waals surface area contributed by atoms with Crippen LogP contribution >= 0.6 is 0 Å². The summed E-state index contributed by atoms with van der Waals surface area (Å²) in [5.74, 6) is -0.760. The van der Waals surface area contributed by atoms with E-state index in [1.54, 1.807) is 12.4 Å². The molecule has 2 rings (SSSR count). The van der Waals surface area contributed by atoms with Gasteiger partial charge in [0.1, 0.15) is 0 Å². The molecule has 1 saturated heterocycles. The lowest BCUT2D eigenvalue weighted by molar-refractivity contribution is -0.157. The number of carbonyl (C=O) groups is 1. The monoisotopic (exact) mass is 221 g/mol. The number of nitrogens with zero attached hydrogens (tertiary/aromatic N) is 1. The van der Waals surface area contributed by atoms with Crippen molar-refractivity contribution in [1.82, 2.24) is 4.98 Å². The Hall–Kier alpha value is -1.42. The third kappa shape index (κ3) is 2.22. The molecule has 1 aliphatic rings. The van der Waals surface area contributed by atoms with Gasteiger partial charge >= 0.3 is 5.97 Å². The van der Waals surface area contributed by atoms with Crippen LogP contribution in [0, 0.1) is 5.41 Å². The predicted molar refractivity (Wildman–Crippen MR) is 58.1 cm³/mol. The number of hydrogen-bond acceptors (Lipinski definition) is 3. The summed E-state index contributed by atoms with van der Waals surface area (Å²) >= 11 is 0. The fourth-order valence-electron chi connectivity index (χ4n) is 2.13. The first kappa shape index (κ1) is 11.1. The van der Waals surface area contributed by atoms with Gasteiger partial charge in [0, 0.05) is 19.0 Å². The second kappa shape index (κ2) is 4.61. The average molecular weight is 221 g/mol. The van der Waals surface area contributed by atoms with Gasteiger partial charge in [0.2, 0.25) is 0 Å². The number of ether oxygens (including phenoxy) is 1. The zero-order chi connectivity index (χ0) is 11.4. The van der Waals surface area contributed by atoms with Gasteiger partial charge < -0.3 is 9.84 Å². The van der Waals surface area contributed by atoms with Crippen LogP contribution in [0.15, 0.2) is 24.5 Å². The summed E-state index contributed by atoms with van der Waals surface area (Å²) in [5, 5.41) is 9.35. The first-order valence-corrected chi connectivity index (χ1v) is 5.43. The van der Waals surface area contributed by atoms with Crippen LogP contribution < -0.4 is 0 Å². The minimum absolute atomic E-state index is 0.310. The third-order valence-electron chi connectivity index (χ3n) is 3.07. The van der Waals surface area contributed by atoms with Gasteiger partial charge in [-0.25, -0.2) is 0 Å². The van der Waals surface area contributed by atoms with E-state index in [-0.39, 0.29) is 0 Å². The van der Waals surface area contributed by atoms with Crippen molar-refractivity contribution >= 4 is 5.97 Å². The number of hydrogen-bond donors (Lipinski definition) is 1. The SMILES string of the molecule is O=C(O)C1(Cc2ccncc2)CCCOC1. The van der Waals surface area contributed by atoms with E-state index in [2.05, 4.69) is 4.98 Å². The highest BCUT2D eigenvalue weighted by Gasteiger charge is 2.40. The van der Waals surface area contributed by atoms with Gasteiger partial charge in [0.15, 0.2) is 0 Å². The lowest BCUT2D eigenvalue weighted by atomic mass is 9.77. The first-order valence-electron chi connectivity index (χ1n) is 5.43. The van der Waals surface area contributed by atoms with Crippen LogP contribution in [0.4, 0.5) is 0 Å². The predicted octanol–water partition coefficient (Wildman–Crippen LogP) is 1.51. The van der Waals surface area contributed by atoms with E-state index < -0.39 is 11.4 Å². The van der Waals surface area contributed by atoms with E-state index in [0.717, 1.165) is 12.0 Å². The number of aliphatic carboxylic acids is 1. The molecule has 0 aromatic carbocycles. The van der Waals surface area contributed by atoms with Crippen molar-refractivity contribution in [3.8, 4) is 0 Å². The van der Waals surface area contributed by atoms with Crippen molar-refractivity contribution in [2.75, 3.05) is 13.2 Å². The Morgan fingerprint density at radius 3 is 2.81 bits per heavy atom. The van der Waals surface area contributed by atoms with Gasteiger partial charge in [0.25, 0.3) is 0 Å². The molecule has 0 saturated carbocycles. The van der Waals surface area contributed by atoms with Gasteiger partial charge in [-0.05, 0) is 37.0 Å². The number of pyridine rings is 1. The van der Waals surface area contributed by atoms with E-state index in [1.807, 2.05) is 12.1 Å². The van der Waals surface area contributed by atoms with Crippen LogP contribution in [-0.2, 0) is 16.0 Å². The summed E-state index contributed by atoms with van der Waals surface area (Å²) in [7, 11) is 0. The molecule has 1 aliphatic heterocycles. The standard InChI is InChI=1S/C12H15NO3/c14-11(15)12(4-1-7-16-9-12)8-10-2-5-13-6-3-10/h2-3,5-6H,1,4,7-9H2,(H,14,15). The largest absolute Gasteiger partial charge is 0.481 e. The van der Waals surface area contributed by atoms with Crippen LogP contribution in [0.2, 0.25) is 0 Å². The van der Waals surface area contributed by atoms with E-state index in [4.69, 9.17) is 4.74 Å². The van der Waals surface area contributed by atoms with Gasteiger partial charge in [-0.2, -0.15) is 0 Å². The van der Waals surface area contributed by atoms with Crippen molar-refractivity contribution in [3.63, 3.8) is 0 Å². The Labute approximate surface area is 94.3 Å². The fourth-order valence-corrected chi connectivity index (χ4v) is 2.13. The minimum atomic E-state index is -0.760. The van der Waals surface area contributed by atoms with Crippen LogP contribution in [0.25, 0.3) is 0 Å². The smallest absolute Gasteiger partial charge is 0.312 e. The maximum atomic E-state index is 11.4. The molecule has 0 bridgehead atoms. The molecule has 4 heteroatoms. The quantitative estimate of drug-likeness (QED) is 0.840. The maximum absolute atomic E-state index is 11.4. The second-order valence-corrected chi connectivity index (χ2v) is 4.27. The molecule has 0 amide bonds. The van der Waals surface area contributed by atoms with Crippen molar-refractivity contribution < 1.29 is 14.6 Å². The van der Waals surface area contributed by atoms with E-state index in [9.17, 15) is 9.90 Å². The molecular weight excluding hydrogens is 206 g/mol. The number of carboxylic acids is 1. The summed E-state index contributed by atoms with van der Waals surface area (Å²) in [6.07, 6.45) is 5.40. The highest BCUT2D eigenvalue weighted by atomic mass is 16.5. The second-order valence-electron chi connectivity index (χ2n) is 4.27. The van der Waals surface area contributed by atoms with Crippen LogP contribution in [0.1, 0.15) is 18.4 Å². The van der Waals surface area contributed by atoms with E-state index in [0.29, 0.717) is 26.1 Å². The van der Waals surface area contributed by atoms with Crippen molar-refractivity contribution in [1.29, 1.82) is 0 Å². The van der Waals surface area contributed by atoms with Crippen LogP contribution in [0.3, 0.4) is 0 Å². The van der Waals surface area contributed by atoms with E-state index in [1.165, 1.54) is 0 Å². The van der Waals surface area contributed by atoms with Crippen molar-refractivity contribution in [2.45, 2.75) is 19.3 Å². The topological polar surface area (TPSA) is 59.4 Å². The van der Waals surface area contributed by atoms with Gasteiger partial charge in [0.05, 0.1) is 12.0 Å². The molecule has 86 valence electrons. The van der Waals surface area contributed by atoms with Gasteiger partial charge in [-0.15, -0.1) is 0 Å². The molecule has 1 N–H and O–H groups in total. The lowest BCUT2D eigenvalue weighted by Gasteiger charge is -2.33. The highest BCUT2D eigenvalue weighted by Crippen LogP contribution is 2.32. The van der Waals surface area contributed by atoms with Crippen LogP contribution in [-0.4, -0.2) is 29.3 Å².